The Morgan fingerprint density at radius 1 is 1.41 bits per heavy atom. The molecule has 0 saturated carbocycles. The molecule has 0 atom stereocenters. The standard InChI is InChI=1S/C13H16N2O2/c1-9-12(8-16)15(2)13(14-9)10-5-4-6-11(7-10)17-3/h4-7,16H,8H2,1-3H3. The zero-order valence-corrected chi connectivity index (χ0v) is 10.3. The number of methoxy groups -OCH3 is 1. The number of rotatable bonds is 3. The molecular weight excluding hydrogens is 216 g/mol. The molecule has 0 aliphatic carbocycles. The summed E-state index contributed by atoms with van der Waals surface area (Å²) in [5.74, 6) is 1.64. The Balaban J connectivity index is 2.52. The van der Waals surface area contributed by atoms with Crippen LogP contribution in [0.15, 0.2) is 24.3 Å². The van der Waals surface area contributed by atoms with Gasteiger partial charge in [0, 0.05) is 12.6 Å². The lowest BCUT2D eigenvalue weighted by molar-refractivity contribution is 0.272. The maximum atomic E-state index is 9.27. The quantitative estimate of drug-likeness (QED) is 0.879. The van der Waals surface area contributed by atoms with Crippen LogP contribution in [0.4, 0.5) is 0 Å². The smallest absolute Gasteiger partial charge is 0.140 e. The van der Waals surface area contributed by atoms with Crippen LogP contribution in [0.5, 0.6) is 5.75 Å². The first kappa shape index (κ1) is 11.7. The Bertz CT molecular complexity index is 532. The van der Waals surface area contributed by atoms with Gasteiger partial charge < -0.3 is 14.4 Å². The van der Waals surface area contributed by atoms with Gasteiger partial charge in [0.1, 0.15) is 11.6 Å². The predicted octanol–water partition coefficient (Wildman–Crippen LogP) is 1.90. The monoisotopic (exact) mass is 232 g/mol. The Hall–Kier alpha value is -1.81. The van der Waals surface area contributed by atoms with Crippen LogP contribution in [0.3, 0.4) is 0 Å². The van der Waals surface area contributed by atoms with Crippen LogP contribution in [0, 0.1) is 6.92 Å². The minimum Gasteiger partial charge on any atom is -0.497 e. The van der Waals surface area contributed by atoms with Crippen LogP contribution >= 0.6 is 0 Å². The molecule has 1 N–H and O–H groups in total. The van der Waals surface area contributed by atoms with E-state index in [0.717, 1.165) is 28.5 Å². The van der Waals surface area contributed by atoms with E-state index in [2.05, 4.69) is 4.98 Å². The highest BCUT2D eigenvalue weighted by Crippen LogP contribution is 2.24. The Labute approximate surface area is 100 Å². The second kappa shape index (κ2) is 4.59. The lowest BCUT2D eigenvalue weighted by atomic mass is 10.2. The largest absolute Gasteiger partial charge is 0.497 e. The molecule has 17 heavy (non-hydrogen) atoms. The van der Waals surface area contributed by atoms with Gasteiger partial charge in [0.15, 0.2) is 0 Å². The zero-order valence-electron chi connectivity index (χ0n) is 10.3. The fourth-order valence-corrected chi connectivity index (χ4v) is 1.91. The third-order valence-electron chi connectivity index (χ3n) is 2.89. The summed E-state index contributed by atoms with van der Waals surface area (Å²) in [7, 11) is 3.54. The molecule has 2 aromatic rings. The van der Waals surface area contributed by atoms with Crippen molar-refractivity contribution in [1.29, 1.82) is 0 Å². The van der Waals surface area contributed by atoms with Gasteiger partial charge in [-0.2, -0.15) is 0 Å². The highest BCUT2D eigenvalue weighted by molar-refractivity contribution is 5.59. The average molecular weight is 232 g/mol. The molecule has 0 unspecified atom stereocenters. The van der Waals surface area contributed by atoms with Gasteiger partial charge in [0.05, 0.1) is 25.1 Å². The average Bonchev–Trinajstić information content (AvgIpc) is 2.64. The maximum Gasteiger partial charge on any atom is 0.140 e. The van der Waals surface area contributed by atoms with E-state index >= 15 is 0 Å². The predicted molar refractivity (Wildman–Crippen MR) is 65.9 cm³/mol. The van der Waals surface area contributed by atoms with Gasteiger partial charge in [-0.25, -0.2) is 4.98 Å². The van der Waals surface area contributed by atoms with E-state index in [1.54, 1.807) is 7.11 Å². The number of hydrogen-bond acceptors (Lipinski definition) is 3. The topological polar surface area (TPSA) is 47.3 Å². The van der Waals surface area contributed by atoms with Crippen LogP contribution in [0.25, 0.3) is 11.4 Å². The normalized spacial score (nSPS) is 10.6. The van der Waals surface area contributed by atoms with Gasteiger partial charge in [0.2, 0.25) is 0 Å². The minimum atomic E-state index is -0.000693. The maximum absolute atomic E-state index is 9.27. The molecule has 0 amide bonds. The summed E-state index contributed by atoms with van der Waals surface area (Å²) in [5.41, 5.74) is 2.67. The molecule has 0 fully saturated rings. The summed E-state index contributed by atoms with van der Waals surface area (Å²) in [5, 5.41) is 9.27. The van der Waals surface area contributed by atoms with Crippen molar-refractivity contribution in [3.63, 3.8) is 0 Å². The van der Waals surface area contributed by atoms with E-state index in [0.29, 0.717) is 0 Å². The second-order valence-electron chi connectivity index (χ2n) is 3.92. The van der Waals surface area contributed by atoms with Crippen molar-refractivity contribution in [1.82, 2.24) is 9.55 Å². The van der Waals surface area contributed by atoms with E-state index in [-0.39, 0.29) is 6.61 Å². The third kappa shape index (κ3) is 2.03. The van der Waals surface area contributed by atoms with Gasteiger partial charge >= 0.3 is 0 Å². The van der Waals surface area contributed by atoms with Crippen molar-refractivity contribution in [2.24, 2.45) is 7.05 Å². The van der Waals surface area contributed by atoms with Crippen molar-refractivity contribution in [3.8, 4) is 17.1 Å². The van der Waals surface area contributed by atoms with E-state index < -0.39 is 0 Å². The molecule has 0 aliphatic heterocycles. The molecule has 4 heteroatoms. The number of aromatic nitrogens is 2. The molecule has 1 heterocycles. The number of benzene rings is 1. The van der Waals surface area contributed by atoms with Gasteiger partial charge in [-0.3, -0.25) is 0 Å². The van der Waals surface area contributed by atoms with Crippen molar-refractivity contribution >= 4 is 0 Å². The van der Waals surface area contributed by atoms with Crippen LogP contribution in [0.1, 0.15) is 11.4 Å². The molecule has 2 rings (SSSR count). The summed E-state index contributed by atoms with van der Waals surface area (Å²) in [6.45, 7) is 1.90. The molecule has 0 bridgehead atoms. The summed E-state index contributed by atoms with van der Waals surface area (Å²) in [6, 6.07) is 7.73. The number of ether oxygens (including phenoxy) is 1. The molecule has 4 nitrogen and oxygen atoms in total. The summed E-state index contributed by atoms with van der Waals surface area (Å²) < 4.78 is 7.10. The van der Waals surface area contributed by atoms with Gasteiger partial charge in [-0.05, 0) is 19.1 Å². The second-order valence-corrected chi connectivity index (χ2v) is 3.92. The fraction of sp³-hybridized carbons (Fsp3) is 0.308. The lowest BCUT2D eigenvalue weighted by Crippen LogP contribution is -1.99. The number of imidazole rings is 1. The zero-order chi connectivity index (χ0) is 12.4. The van der Waals surface area contributed by atoms with E-state index in [1.807, 2.05) is 42.8 Å². The number of hydrogen-bond donors (Lipinski definition) is 1. The Morgan fingerprint density at radius 2 is 2.18 bits per heavy atom. The summed E-state index contributed by atoms with van der Waals surface area (Å²) >= 11 is 0. The summed E-state index contributed by atoms with van der Waals surface area (Å²) in [6.07, 6.45) is 0. The molecule has 0 radical (unpaired) electrons. The minimum absolute atomic E-state index is 0.000693. The van der Waals surface area contributed by atoms with Crippen molar-refractivity contribution in [2.75, 3.05) is 7.11 Å². The first-order valence-corrected chi connectivity index (χ1v) is 5.45. The molecule has 1 aromatic heterocycles. The number of nitrogens with zero attached hydrogens (tertiary/aromatic N) is 2. The molecule has 90 valence electrons. The van der Waals surface area contributed by atoms with Crippen molar-refractivity contribution < 1.29 is 9.84 Å². The highest BCUT2D eigenvalue weighted by atomic mass is 16.5. The van der Waals surface area contributed by atoms with Crippen LogP contribution < -0.4 is 4.74 Å². The SMILES string of the molecule is COc1cccc(-c2nc(C)c(CO)n2C)c1. The van der Waals surface area contributed by atoms with Crippen LogP contribution in [-0.2, 0) is 13.7 Å². The number of aliphatic hydroxyl groups is 1. The lowest BCUT2D eigenvalue weighted by Gasteiger charge is -2.06. The van der Waals surface area contributed by atoms with Crippen molar-refractivity contribution in [3.05, 3.63) is 35.7 Å². The molecule has 1 aromatic carbocycles. The first-order chi connectivity index (χ1) is 8.17. The van der Waals surface area contributed by atoms with E-state index in [9.17, 15) is 5.11 Å². The van der Waals surface area contributed by atoms with E-state index in [1.165, 1.54) is 0 Å². The molecular formula is C13H16N2O2. The van der Waals surface area contributed by atoms with Gasteiger partial charge in [0.25, 0.3) is 0 Å². The Morgan fingerprint density at radius 3 is 2.76 bits per heavy atom. The molecule has 0 spiro atoms. The van der Waals surface area contributed by atoms with Crippen molar-refractivity contribution in [2.45, 2.75) is 13.5 Å². The molecule has 0 saturated heterocycles. The highest BCUT2D eigenvalue weighted by Gasteiger charge is 2.12. The number of aliphatic hydroxyl groups excluding tert-OH is 1. The van der Waals surface area contributed by atoms with E-state index in [4.69, 9.17) is 4.74 Å². The fourth-order valence-electron chi connectivity index (χ4n) is 1.91. The van der Waals surface area contributed by atoms with Gasteiger partial charge in [-0.15, -0.1) is 0 Å². The van der Waals surface area contributed by atoms with Crippen LogP contribution in [0.2, 0.25) is 0 Å². The molecule has 0 aliphatic rings. The first-order valence-electron chi connectivity index (χ1n) is 5.45. The third-order valence-corrected chi connectivity index (χ3v) is 2.89. The Kier molecular flexibility index (Phi) is 3.15. The summed E-state index contributed by atoms with van der Waals surface area (Å²) in [4.78, 5) is 4.47. The van der Waals surface area contributed by atoms with Crippen LogP contribution in [-0.4, -0.2) is 21.8 Å². The van der Waals surface area contributed by atoms with Gasteiger partial charge in [-0.1, -0.05) is 12.1 Å². The number of aryl methyl sites for hydroxylation is 1.